The number of hydrogen-bond acceptors (Lipinski definition) is 2. The zero-order valence-electron chi connectivity index (χ0n) is 9.41. The summed E-state index contributed by atoms with van der Waals surface area (Å²) in [5.74, 6) is 0.00966. The molecule has 1 fully saturated rings. The van der Waals surface area contributed by atoms with E-state index in [1.807, 2.05) is 0 Å². The lowest BCUT2D eigenvalue weighted by atomic mass is 10.1. The van der Waals surface area contributed by atoms with Crippen molar-refractivity contribution >= 4 is 12.2 Å². The topological polar surface area (TPSA) is 28.7 Å². The first kappa shape index (κ1) is 11.5. The third kappa shape index (κ3) is 2.31. The smallest absolute Gasteiger partial charge is 0.130 e. The molecule has 18 heavy (non-hydrogen) atoms. The fourth-order valence-electron chi connectivity index (χ4n) is 1.89. The lowest BCUT2D eigenvalue weighted by molar-refractivity contribution is 0.584. The molecule has 2 nitrogen and oxygen atoms in total. The molecule has 0 aliphatic heterocycles. The van der Waals surface area contributed by atoms with Crippen molar-refractivity contribution in [3.05, 3.63) is 46.4 Å². The first-order valence-electron chi connectivity index (χ1n) is 5.69. The van der Waals surface area contributed by atoms with E-state index in [-0.39, 0.29) is 0 Å². The van der Waals surface area contributed by atoms with E-state index in [9.17, 15) is 8.78 Å². The predicted molar refractivity (Wildman–Crippen MR) is 66.7 cm³/mol. The third-order valence-corrected chi connectivity index (χ3v) is 3.11. The Balaban J connectivity index is 2.12. The molecule has 1 aromatic carbocycles. The predicted octanol–water partition coefficient (Wildman–Crippen LogP) is 3.96. The van der Waals surface area contributed by atoms with Crippen LogP contribution >= 0.6 is 12.2 Å². The Morgan fingerprint density at radius 3 is 2.39 bits per heavy atom. The fraction of sp³-hybridized carbons (Fsp3) is 0.231. The Kier molecular flexibility index (Phi) is 2.70. The summed E-state index contributed by atoms with van der Waals surface area (Å²) in [4.78, 5) is 7.34. The molecule has 1 N–H and O–H groups in total. The molecule has 0 amide bonds. The van der Waals surface area contributed by atoms with Crippen LogP contribution in [0.5, 0.6) is 0 Å². The average molecular weight is 264 g/mol. The van der Waals surface area contributed by atoms with E-state index in [0.717, 1.165) is 24.7 Å². The van der Waals surface area contributed by atoms with Crippen molar-refractivity contribution in [1.82, 2.24) is 9.97 Å². The molecular weight excluding hydrogens is 254 g/mol. The van der Waals surface area contributed by atoms with Crippen LogP contribution in [0.2, 0.25) is 0 Å². The van der Waals surface area contributed by atoms with Crippen LogP contribution in [0.25, 0.3) is 11.3 Å². The Hall–Kier alpha value is -1.62. The van der Waals surface area contributed by atoms with Crippen LogP contribution in [0.3, 0.4) is 0 Å². The van der Waals surface area contributed by atoms with Gasteiger partial charge in [0.2, 0.25) is 0 Å². The number of halogens is 2. The van der Waals surface area contributed by atoms with Crippen LogP contribution in [-0.2, 0) is 0 Å². The number of aromatic amines is 1. The summed E-state index contributed by atoms with van der Waals surface area (Å²) in [7, 11) is 0. The van der Waals surface area contributed by atoms with E-state index in [1.165, 1.54) is 12.1 Å². The molecule has 0 atom stereocenters. The molecule has 0 bridgehead atoms. The zero-order valence-corrected chi connectivity index (χ0v) is 10.2. The molecule has 0 spiro atoms. The highest BCUT2D eigenvalue weighted by atomic mass is 32.1. The highest BCUT2D eigenvalue weighted by molar-refractivity contribution is 7.71. The van der Waals surface area contributed by atoms with E-state index in [1.54, 1.807) is 6.07 Å². The number of H-pyrrole nitrogens is 1. The van der Waals surface area contributed by atoms with E-state index < -0.39 is 11.6 Å². The maximum absolute atomic E-state index is 13.2. The number of benzene rings is 1. The minimum Gasteiger partial charge on any atom is -0.343 e. The van der Waals surface area contributed by atoms with Crippen LogP contribution in [-0.4, -0.2) is 9.97 Å². The summed E-state index contributed by atoms with van der Waals surface area (Å²) >= 11 is 5.08. The first-order chi connectivity index (χ1) is 8.61. The van der Waals surface area contributed by atoms with Crippen LogP contribution < -0.4 is 0 Å². The van der Waals surface area contributed by atoms with Gasteiger partial charge in [0.05, 0.1) is 0 Å². The molecule has 5 heteroatoms. The van der Waals surface area contributed by atoms with Crippen molar-refractivity contribution < 1.29 is 8.78 Å². The van der Waals surface area contributed by atoms with Crippen molar-refractivity contribution in [1.29, 1.82) is 0 Å². The highest BCUT2D eigenvalue weighted by Gasteiger charge is 2.26. The van der Waals surface area contributed by atoms with Gasteiger partial charge in [-0.05, 0) is 31.0 Å². The third-order valence-electron chi connectivity index (χ3n) is 2.90. The maximum atomic E-state index is 13.2. The normalized spacial score (nSPS) is 14.8. The molecule has 0 radical (unpaired) electrons. The second-order valence-electron chi connectivity index (χ2n) is 4.45. The minimum atomic E-state index is -0.603. The standard InChI is InChI=1S/C13H10F2N2S/c14-9-3-8(4-10(15)5-9)11-6-12(18)17-13(16-11)7-1-2-7/h3-7H,1-2H2,(H,16,17,18). The number of hydrogen-bond donors (Lipinski definition) is 1. The Morgan fingerprint density at radius 1 is 1.11 bits per heavy atom. The molecule has 1 heterocycles. The highest BCUT2D eigenvalue weighted by Crippen LogP contribution is 2.38. The molecule has 1 aliphatic rings. The van der Waals surface area contributed by atoms with Crippen LogP contribution in [0.15, 0.2) is 24.3 Å². The summed E-state index contributed by atoms with van der Waals surface area (Å²) in [5, 5.41) is 0. The van der Waals surface area contributed by atoms with Gasteiger partial charge in [-0.3, -0.25) is 0 Å². The Labute approximate surface area is 108 Å². The summed E-state index contributed by atoms with van der Waals surface area (Å²) in [6.07, 6.45) is 2.17. The van der Waals surface area contributed by atoms with Gasteiger partial charge >= 0.3 is 0 Å². The van der Waals surface area contributed by atoms with E-state index in [0.29, 0.717) is 21.8 Å². The minimum absolute atomic E-state index is 0.407. The summed E-state index contributed by atoms with van der Waals surface area (Å²) < 4.78 is 26.8. The average Bonchev–Trinajstić information content (AvgIpc) is 3.10. The van der Waals surface area contributed by atoms with Gasteiger partial charge in [0.25, 0.3) is 0 Å². The van der Waals surface area contributed by atoms with Gasteiger partial charge in [0.15, 0.2) is 0 Å². The van der Waals surface area contributed by atoms with Gasteiger partial charge < -0.3 is 4.98 Å². The van der Waals surface area contributed by atoms with Crippen molar-refractivity contribution in [2.45, 2.75) is 18.8 Å². The molecule has 92 valence electrons. The van der Waals surface area contributed by atoms with Crippen LogP contribution in [0.1, 0.15) is 24.6 Å². The molecule has 2 aromatic rings. The van der Waals surface area contributed by atoms with Gasteiger partial charge in [0.1, 0.15) is 22.1 Å². The number of aromatic nitrogens is 2. The van der Waals surface area contributed by atoms with Gasteiger partial charge in [-0.25, -0.2) is 13.8 Å². The second-order valence-corrected chi connectivity index (χ2v) is 4.87. The van der Waals surface area contributed by atoms with Gasteiger partial charge in [-0.1, -0.05) is 12.2 Å². The number of rotatable bonds is 2. The van der Waals surface area contributed by atoms with Crippen molar-refractivity contribution in [2.24, 2.45) is 0 Å². The monoisotopic (exact) mass is 264 g/mol. The Bertz CT molecular complexity index is 642. The van der Waals surface area contributed by atoms with E-state index >= 15 is 0 Å². The van der Waals surface area contributed by atoms with Crippen molar-refractivity contribution in [3.63, 3.8) is 0 Å². The van der Waals surface area contributed by atoms with E-state index in [4.69, 9.17) is 12.2 Å². The molecule has 1 saturated carbocycles. The van der Waals surface area contributed by atoms with Gasteiger partial charge in [0, 0.05) is 23.2 Å². The zero-order chi connectivity index (χ0) is 12.7. The van der Waals surface area contributed by atoms with Crippen molar-refractivity contribution in [2.75, 3.05) is 0 Å². The SMILES string of the molecule is Fc1cc(F)cc(-c2cc(=S)nc(C3CC3)[nH]2)c1. The second kappa shape index (κ2) is 4.24. The van der Waals surface area contributed by atoms with Crippen molar-refractivity contribution in [3.8, 4) is 11.3 Å². The molecule has 1 aromatic heterocycles. The molecule has 0 saturated heterocycles. The van der Waals surface area contributed by atoms with Gasteiger partial charge in [-0.15, -0.1) is 0 Å². The molecule has 1 aliphatic carbocycles. The largest absolute Gasteiger partial charge is 0.343 e. The lowest BCUT2D eigenvalue weighted by Gasteiger charge is -2.06. The lowest BCUT2D eigenvalue weighted by Crippen LogP contribution is -1.96. The number of nitrogens with zero attached hydrogens (tertiary/aromatic N) is 1. The molecule has 0 unspecified atom stereocenters. The van der Waals surface area contributed by atoms with E-state index in [2.05, 4.69) is 9.97 Å². The van der Waals surface area contributed by atoms with Crippen LogP contribution in [0.4, 0.5) is 8.78 Å². The Morgan fingerprint density at radius 2 is 1.78 bits per heavy atom. The summed E-state index contributed by atoms with van der Waals surface area (Å²) in [5.41, 5.74) is 1.05. The summed E-state index contributed by atoms with van der Waals surface area (Å²) in [6, 6.07) is 5.03. The first-order valence-corrected chi connectivity index (χ1v) is 6.10. The van der Waals surface area contributed by atoms with Crippen LogP contribution in [0, 0.1) is 16.3 Å². The molecular formula is C13H10F2N2S. The van der Waals surface area contributed by atoms with Gasteiger partial charge in [-0.2, -0.15) is 0 Å². The maximum Gasteiger partial charge on any atom is 0.130 e. The molecule has 3 rings (SSSR count). The fourth-order valence-corrected chi connectivity index (χ4v) is 2.11. The quantitative estimate of drug-likeness (QED) is 0.832. The number of nitrogens with one attached hydrogen (secondary N) is 1. The summed E-state index contributed by atoms with van der Waals surface area (Å²) in [6.45, 7) is 0.